The lowest BCUT2D eigenvalue weighted by Crippen LogP contribution is -2.33. The van der Waals surface area contributed by atoms with Crippen LogP contribution in [0.4, 0.5) is 5.69 Å². The molecule has 0 aliphatic heterocycles. The molecule has 0 aliphatic rings. The summed E-state index contributed by atoms with van der Waals surface area (Å²) in [5.41, 5.74) is 0.329. The van der Waals surface area contributed by atoms with Crippen LogP contribution in [0, 0.1) is 0 Å². The molecular weight excluding hydrogens is 349 g/mol. The van der Waals surface area contributed by atoms with Crippen LogP contribution in [0.15, 0.2) is 48.5 Å². The second-order valence-electron chi connectivity index (χ2n) is 5.72. The standard InChI is InChI=1S/C18H17Cl2NO3/c1-18(2,12-7-4-3-5-8-12)17(23)24-11-15(22)21-14-10-6-9-13(19)16(14)20/h3-10H,11H2,1-2H3,(H,21,22). The second-order valence-corrected chi connectivity index (χ2v) is 6.50. The van der Waals surface area contributed by atoms with Gasteiger partial charge >= 0.3 is 5.97 Å². The average molecular weight is 366 g/mol. The third-order valence-corrected chi connectivity index (χ3v) is 4.38. The van der Waals surface area contributed by atoms with Gasteiger partial charge < -0.3 is 10.1 Å². The van der Waals surface area contributed by atoms with Crippen molar-refractivity contribution in [2.45, 2.75) is 19.3 Å². The van der Waals surface area contributed by atoms with Crippen molar-refractivity contribution < 1.29 is 14.3 Å². The highest BCUT2D eigenvalue weighted by Crippen LogP contribution is 2.29. The van der Waals surface area contributed by atoms with E-state index in [-0.39, 0.29) is 5.02 Å². The summed E-state index contributed by atoms with van der Waals surface area (Å²) in [5.74, 6) is -0.975. The van der Waals surface area contributed by atoms with E-state index in [9.17, 15) is 9.59 Å². The Labute approximate surface area is 150 Å². The van der Waals surface area contributed by atoms with Gasteiger partial charge in [-0.1, -0.05) is 59.6 Å². The van der Waals surface area contributed by atoms with E-state index in [1.54, 1.807) is 32.0 Å². The van der Waals surface area contributed by atoms with Gasteiger partial charge in [0.2, 0.25) is 0 Å². The molecule has 126 valence electrons. The molecule has 1 N–H and O–H groups in total. The third-order valence-electron chi connectivity index (χ3n) is 3.57. The largest absolute Gasteiger partial charge is 0.455 e. The first-order valence-electron chi connectivity index (χ1n) is 7.29. The number of amides is 1. The number of ether oxygens (including phenoxy) is 1. The Kier molecular flexibility index (Phi) is 5.86. The number of carbonyl (C=O) groups is 2. The summed E-state index contributed by atoms with van der Waals surface area (Å²) in [4.78, 5) is 24.2. The fourth-order valence-corrected chi connectivity index (χ4v) is 2.42. The van der Waals surface area contributed by atoms with Gasteiger partial charge in [-0.15, -0.1) is 0 Å². The summed E-state index contributed by atoms with van der Waals surface area (Å²) in [7, 11) is 0. The number of anilines is 1. The van der Waals surface area contributed by atoms with E-state index in [1.165, 1.54) is 0 Å². The zero-order valence-electron chi connectivity index (χ0n) is 13.3. The summed E-state index contributed by atoms with van der Waals surface area (Å²) in [6, 6.07) is 14.1. The molecule has 4 nitrogen and oxygen atoms in total. The van der Waals surface area contributed by atoms with Crippen LogP contribution < -0.4 is 5.32 Å². The number of halogens is 2. The van der Waals surface area contributed by atoms with Crippen LogP contribution in [-0.4, -0.2) is 18.5 Å². The van der Waals surface area contributed by atoms with E-state index in [2.05, 4.69) is 5.32 Å². The Hall–Kier alpha value is -2.04. The molecular formula is C18H17Cl2NO3. The Balaban J connectivity index is 1.96. The lowest BCUT2D eigenvalue weighted by atomic mass is 9.85. The molecule has 0 aliphatic carbocycles. The Bertz CT molecular complexity index is 745. The smallest absolute Gasteiger partial charge is 0.316 e. The van der Waals surface area contributed by atoms with Crippen molar-refractivity contribution in [3.05, 3.63) is 64.1 Å². The van der Waals surface area contributed by atoms with Gasteiger partial charge in [-0.3, -0.25) is 9.59 Å². The molecule has 0 fully saturated rings. The summed E-state index contributed by atoms with van der Waals surface area (Å²) < 4.78 is 5.14. The summed E-state index contributed by atoms with van der Waals surface area (Å²) in [5, 5.41) is 3.13. The van der Waals surface area contributed by atoms with Gasteiger partial charge in [0.15, 0.2) is 6.61 Å². The van der Waals surface area contributed by atoms with Crippen LogP contribution >= 0.6 is 23.2 Å². The number of hydrogen-bond acceptors (Lipinski definition) is 3. The first-order chi connectivity index (χ1) is 11.3. The maximum Gasteiger partial charge on any atom is 0.316 e. The van der Waals surface area contributed by atoms with Crippen molar-refractivity contribution in [1.82, 2.24) is 0 Å². The van der Waals surface area contributed by atoms with Gasteiger partial charge in [-0.25, -0.2) is 0 Å². The van der Waals surface area contributed by atoms with E-state index >= 15 is 0 Å². The van der Waals surface area contributed by atoms with Gasteiger partial charge in [0.25, 0.3) is 5.91 Å². The maximum absolute atomic E-state index is 12.3. The summed E-state index contributed by atoms with van der Waals surface area (Å²) in [6.07, 6.45) is 0. The molecule has 2 aromatic carbocycles. The van der Waals surface area contributed by atoms with E-state index in [4.69, 9.17) is 27.9 Å². The predicted octanol–water partition coefficient (Wildman–Crippen LogP) is 4.45. The fraction of sp³-hybridized carbons (Fsp3) is 0.222. The average Bonchev–Trinajstić information content (AvgIpc) is 2.57. The zero-order chi connectivity index (χ0) is 17.7. The summed E-state index contributed by atoms with van der Waals surface area (Å²) >= 11 is 11.9. The van der Waals surface area contributed by atoms with Crippen LogP contribution in [-0.2, 0) is 19.7 Å². The molecule has 0 aromatic heterocycles. The number of carbonyl (C=O) groups excluding carboxylic acids is 2. The first-order valence-corrected chi connectivity index (χ1v) is 8.04. The lowest BCUT2D eigenvalue weighted by Gasteiger charge is -2.22. The van der Waals surface area contributed by atoms with Crippen LogP contribution in [0.2, 0.25) is 10.0 Å². The minimum absolute atomic E-state index is 0.239. The molecule has 1 amide bonds. The minimum atomic E-state index is -0.852. The highest BCUT2D eigenvalue weighted by Gasteiger charge is 2.31. The topological polar surface area (TPSA) is 55.4 Å². The van der Waals surface area contributed by atoms with Crippen LogP contribution in [0.5, 0.6) is 0 Å². The number of esters is 1. The van der Waals surface area contributed by atoms with Crippen LogP contribution in [0.3, 0.4) is 0 Å². The van der Waals surface area contributed by atoms with Gasteiger partial charge in [0.05, 0.1) is 21.1 Å². The summed E-state index contributed by atoms with van der Waals surface area (Å²) in [6.45, 7) is 3.09. The van der Waals surface area contributed by atoms with Gasteiger partial charge in [0, 0.05) is 0 Å². The van der Waals surface area contributed by atoms with E-state index in [0.29, 0.717) is 10.7 Å². The zero-order valence-corrected chi connectivity index (χ0v) is 14.8. The van der Waals surface area contributed by atoms with Crippen molar-refractivity contribution in [2.75, 3.05) is 11.9 Å². The van der Waals surface area contributed by atoms with Crippen molar-refractivity contribution in [3.63, 3.8) is 0 Å². The highest BCUT2D eigenvalue weighted by molar-refractivity contribution is 6.44. The van der Waals surface area contributed by atoms with Crippen molar-refractivity contribution >= 4 is 40.8 Å². The molecule has 24 heavy (non-hydrogen) atoms. The molecule has 2 rings (SSSR count). The number of hydrogen-bond donors (Lipinski definition) is 1. The third kappa shape index (κ3) is 4.28. The van der Waals surface area contributed by atoms with Crippen LogP contribution in [0.25, 0.3) is 0 Å². The Morgan fingerprint density at radius 3 is 2.38 bits per heavy atom. The molecule has 0 saturated carbocycles. The molecule has 0 spiro atoms. The van der Waals surface area contributed by atoms with E-state index < -0.39 is 23.9 Å². The Morgan fingerprint density at radius 1 is 1.04 bits per heavy atom. The van der Waals surface area contributed by atoms with Crippen molar-refractivity contribution in [2.24, 2.45) is 0 Å². The molecule has 2 aromatic rings. The molecule has 6 heteroatoms. The molecule has 0 heterocycles. The SMILES string of the molecule is CC(C)(C(=O)OCC(=O)Nc1cccc(Cl)c1Cl)c1ccccc1. The molecule has 0 saturated heterocycles. The van der Waals surface area contributed by atoms with Crippen molar-refractivity contribution in [1.29, 1.82) is 0 Å². The van der Waals surface area contributed by atoms with Gasteiger partial charge in [0.1, 0.15) is 0 Å². The van der Waals surface area contributed by atoms with E-state index in [1.807, 2.05) is 30.3 Å². The second kappa shape index (κ2) is 7.69. The first kappa shape index (κ1) is 18.3. The molecule has 0 unspecified atom stereocenters. The van der Waals surface area contributed by atoms with E-state index in [0.717, 1.165) is 5.56 Å². The minimum Gasteiger partial charge on any atom is -0.455 e. The number of benzene rings is 2. The maximum atomic E-state index is 12.3. The molecule has 0 radical (unpaired) electrons. The predicted molar refractivity (Wildman–Crippen MR) is 95.5 cm³/mol. The number of rotatable bonds is 5. The normalized spacial score (nSPS) is 11.0. The molecule has 0 bridgehead atoms. The monoisotopic (exact) mass is 365 g/mol. The fourth-order valence-electron chi connectivity index (χ4n) is 2.07. The van der Waals surface area contributed by atoms with Crippen LogP contribution in [0.1, 0.15) is 19.4 Å². The van der Waals surface area contributed by atoms with Gasteiger partial charge in [-0.05, 0) is 31.5 Å². The lowest BCUT2D eigenvalue weighted by molar-refractivity contribution is -0.152. The van der Waals surface area contributed by atoms with Crippen molar-refractivity contribution in [3.8, 4) is 0 Å². The van der Waals surface area contributed by atoms with Gasteiger partial charge in [-0.2, -0.15) is 0 Å². The molecule has 0 atom stereocenters. The number of nitrogens with one attached hydrogen (secondary N) is 1. The Morgan fingerprint density at radius 2 is 1.71 bits per heavy atom. The quantitative estimate of drug-likeness (QED) is 0.796. The highest BCUT2D eigenvalue weighted by atomic mass is 35.5.